The fourth-order valence-corrected chi connectivity index (χ4v) is 4.63. The molecule has 7 heteroatoms. The van der Waals surface area contributed by atoms with Crippen LogP contribution in [0.2, 0.25) is 0 Å². The van der Waals surface area contributed by atoms with Crippen LogP contribution in [0.3, 0.4) is 0 Å². The van der Waals surface area contributed by atoms with E-state index in [4.69, 9.17) is 0 Å². The number of nitrogens with one attached hydrogen (secondary N) is 2. The first-order chi connectivity index (χ1) is 14.9. The lowest BCUT2D eigenvalue weighted by Gasteiger charge is -2.42. The Hall–Kier alpha value is -3.09. The average Bonchev–Trinajstić information content (AvgIpc) is 2.74. The first-order valence-electron chi connectivity index (χ1n) is 11.0. The highest BCUT2D eigenvalue weighted by atomic mass is 16.2. The van der Waals surface area contributed by atoms with Crippen molar-refractivity contribution in [3.8, 4) is 0 Å². The van der Waals surface area contributed by atoms with Gasteiger partial charge in [-0.05, 0) is 42.0 Å². The van der Waals surface area contributed by atoms with E-state index in [1.807, 2.05) is 39.8 Å². The van der Waals surface area contributed by atoms with Crippen LogP contribution in [0.4, 0.5) is 10.5 Å². The summed E-state index contributed by atoms with van der Waals surface area (Å²) in [5.41, 5.74) is 3.04. The van der Waals surface area contributed by atoms with Gasteiger partial charge < -0.3 is 20.1 Å². The summed E-state index contributed by atoms with van der Waals surface area (Å²) in [5.74, 6) is 0.795. The van der Waals surface area contributed by atoms with Crippen LogP contribution in [0.25, 0.3) is 0 Å². The lowest BCUT2D eigenvalue weighted by molar-refractivity contribution is -0.116. The number of anilines is 1. The fraction of sp³-hybridized carbons (Fsp3) is 0.458. The molecule has 31 heavy (non-hydrogen) atoms. The Kier molecular flexibility index (Phi) is 6.11. The number of fused-ring (bicyclic) bond motifs is 4. The highest BCUT2D eigenvalue weighted by Gasteiger charge is 2.36. The Morgan fingerprint density at radius 2 is 1.84 bits per heavy atom. The highest BCUT2D eigenvalue weighted by Crippen LogP contribution is 2.34. The smallest absolute Gasteiger partial charge is 0.317 e. The number of carbonyl (C=O) groups excluding carboxylic acids is 2. The number of pyridine rings is 1. The van der Waals surface area contributed by atoms with Crippen LogP contribution in [0, 0.1) is 5.92 Å². The maximum Gasteiger partial charge on any atom is 0.317 e. The molecule has 1 saturated heterocycles. The van der Waals surface area contributed by atoms with E-state index in [0.29, 0.717) is 25.6 Å². The number of benzene rings is 1. The molecule has 1 aromatic heterocycles. The molecule has 7 nitrogen and oxygen atoms in total. The van der Waals surface area contributed by atoms with E-state index in [0.717, 1.165) is 17.8 Å². The van der Waals surface area contributed by atoms with Gasteiger partial charge in [-0.15, -0.1) is 0 Å². The van der Waals surface area contributed by atoms with Gasteiger partial charge in [0.2, 0.25) is 5.91 Å². The summed E-state index contributed by atoms with van der Waals surface area (Å²) < 4.78 is 1.85. The number of likely N-dealkylation sites (tertiary alicyclic amines) is 1. The summed E-state index contributed by atoms with van der Waals surface area (Å²) in [6, 6.07) is 13.1. The second-order valence-corrected chi connectivity index (χ2v) is 8.91. The molecule has 3 amide bonds. The van der Waals surface area contributed by atoms with Crippen molar-refractivity contribution >= 4 is 17.6 Å². The molecule has 2 bridgehead atoms. The highest BCUT2D eigenvalue weighted by molar-refractivity contribution is 5.91. The van der Waals surface area contributed by atoms with E-state index in [1.54, 1.807) is 12.1 Å². The van der Waals surface area contributed by atoms with Crippen molar-refractivity contribution in [3.05, 3.63) is 64.1 Å². The zero-order chi connectivity index (χ0) is 22.0. The van der Waals surface area contributed by atoms with Gasteiger partial charge in [-0.2, -0.15) is 0 Å². The van der Waals surface area contributed by atoms with Crippen molar-refractivity contribution in [2.75, 3.05) is 25.0 Å². The Morgan fingerprint density at radius 1 is 1.06 bits per heavy atom. The molecular formula is C24H30N4O3. The molecule has 2 aromatic rings. The molecule has 0 unspecified atom stereocenters. The molecule has 1 fully saturated rings. The van der Waals surface area contributed by atoms with E-state index in [2.05, 4.69) is 24.5 Å². The molecule has 0 aliphatic carbocycles. The largest absolute Gasteiger partial charge is 0.337 e. The molecular weight excluding hydrogens is 392 g/mol. The number of rotatable bonds is 5. The molecule has 2 atom stereocenters. The van der Waals surface area contributed by atoms with Gasteiger partial charge in [0, 0.05) is 56.0 Å². The van der Waals surface area contributed by atoms with Crippen molar-refractivity contribution < 1.29 is 9.59 Å². The molecule has 2 aliphatic heterocycles. The topological polar surface area (TPSA) is 83.4 Å². The summed E-state index contributed by atoms with van der Waals surface area (Å²) >= 11 is 0. The van der Waals surface area contributed by atoms with E-state index >= 15 is 0 Å². The van der Waals surface area contributed by atoms with Crippen molar-refractivity contribution in [1.82, 2.24) is 14.8 Å². The minimum absolute atomic E-state index is 0.0370. The summed E-state index contributed by atoms with van der Waals surface area (Å²) in [7, 11) is 0. The standard InChI is InChI=1S/C24H30N4O3/c1-16(2)18-6-8-20(9-7-18)26-22(29)10-11-25-24(31)27-13-17-12-19(15-27)21-4-3-5-23(30)28(21)14-17/h3-9,16-17,19H,10-15H2,1-2H3,(H,25,31)(H,26,29)/t17-,19-/m1/s1. The maximum absolute atomic E-state index is 12.7. The first kappa shape index (κ1) is 21.2. The van der Waals surface area contributed by atoms with Gasteiger partial charge in [-0.3, -0.25) is 9.59 Å². The van der Waals surface area contributed by atoms with Gasteiger partial charge in [0.15, 0.2) is 0 Å². The predicted molar refractivity (Wildman–Crippen MR) is 120 cm³/mol. The third-order valence-electron chi connectivity index (χ3n) is 6.26. The number of piperidine rings is 1. The van der Waals surface area contributed by atoms with Crippen LogP contribution in [-0.4, -0.2) is 41.0 Å². The van der Waals surface area contributed by atoms with Crippen LogP contribution in [0.15, 0.2) is 47.3 Å². The van der Waals surface area contributed by atoms with E-state index in [-0.39, 0.29) is 42.3 Å². The number of nitrogens with zero attached hydrogens (tertiary/aromatic N) is 2. The number of aromatic nitrogens is 1. The number of urea groups is 1. The quantitative estimate of drug-likeness (QED) is 0.777. The lowest BCUT2D eigenvalue weighted by Crippen LogP contribution is -2.52. The monoisotopic (exact) mass is 422 g/mol. The van der Waals surface area contributed by atoms with Crippen molar-refractivity contribution in [1.29, 1.82) is 0 Å². The van der Waals surface area contributed by atoms with E-state index < -0.39 is 0 Å². The summed E-state index contributed by atoms with van der Waals surface area (Å²) in [6.07, 6.45) is 1.22. The van der Waals surface area contributed by atoms with Gasteiger partial charge in [0.05, 0.1) is 0 Å². The summed E-state index contributed by atoms with van der Waals surface area (Å²) in [5, 5.41) is 5.75. The molecule has 164 valence electrons. The van der Waals surface area contributed by atoms with Crippen molar-refractivity contribution in [2.24, 2.45) is 5.92 Å². The third-order valence-corrected chi connectivity index (χ3v) is 6.26. The van der Waals surface area contributed by atoms with Crippen LogP contribution in [-0.2, 0) is 11.3 Å². The second-order valence-electron chi connectivity index (χ2n) is 8.91. The van der Waals surface area contributed by atoms with Crippen LogP contribution >= 0.6 is 0 Å². The number of carbonyl (C=O) groups is 2. The van der Waals surface area contributed by atoms with E-state index in [9.17, 15) is 14.4 Å². The minimum Gasteiger partial charge on any atom is -0.337 e. The third kappa shape index (κ3) is 4.81. The molecule has 0 spiro atoms. The normalized spacial score (nSPS) is 19.6. The first-order valence-corrected chi connectivity index (χ1v) is 11.0. The molecule has 2 N–H and O–H groups in total. The van der Waals surface area contributed by atoms with Gasteiger partial charge in [0.25, 0.3) is 5.56 Å². The number of hydrogen-bond donors (Lipinski definition) is 2. The zero-order valence-corrected chi connectivity index (χ0v) is 18.1. The molecule has 3 heterocycles. The molecule has 0 radical (unpaired) electrons. The summed E-state index contributed by atoms with van der Waals surface area (Å²) in [6.45, 7) is 6.44. The van der Waals surface area contributed by atoms with Gasteiger partial charge in [-0.1, -0.05) is 32.0 Å². The molecule has 0 saturated carbocycles. The van der Waals surface area contributed by atoms with Crippen LogP contribution in [0.5, 0.6) is 0 Å². The Bertz CT molecular complexity index is 1010. The molecule has 4 rings (SSSR count). The minimum atomic E-state index is -0.143. The molecule has 1 aromatic carbocycles. The number of hydrogen-bond acceptors (Lipinski definition) is 3. The fourth-order valence-electron chi connectivity index (χ4n) is 4.63. The average molecular weight is 423 g/mol. The van der Waals surface area contributed by atoms with Gasteiger partial charge in [-0.25, -0.2) is 4.79 Å². The van der Waals surface area contributed by atoms with Gasteiger partial charge >= 0.3 is 6.03 Å². The predicted octanol–water partition coefficient (Wildman–Crippen LogP) is 3.13. The SMILES string of the molecule is CC(C)c1ccc(NC(=O)CCNC(=O)N2C[C@H]3C[C@H](C2)c2cccc(=O)n2C3)cc1. The van der Waals surface area contributed by atoms with Gasteiger partial charge in [0.1, 0.15) is 0 Å². The molecule has 2 aliphatic rings. The van der Waals surface area contributed by atoms with Crippen LogP contribution in [0.1, 0.15) is 49.8 Å². The van der Waals surface area contributed by atoms with Crippen molar-refractivity contribution in [2.45, 2.75) is 45.1 Å². The lowest BCUT2D eigenvalue weighted by atomic mass is 9.83. The van der Waals surface area contributed by atoms with E-state index in [1.165, 1.54) is 5.56 Å². The Balaban J connectivity index is 1.26. The van der Waals surface area contributed by atoms with Crippen molar-refractivity contribution in [3.63, 3.8) is 0 Å². The maximum atomic E-state index is 12.7. The second kappa shape index (κ2) is 8.96. The Labute approximate surface area is 182 Å². The Morgan fingerprint density at radius 3 is 2.58 bits per heavy atom. The zero-order valence-electron chi connectivity index (χ0n) is 18.1. The number of amides is 3. The van der Waals surface area contributed by atoms with Crippen LogP contribution < -0.4 is 16.2 Å². The summed E-state index contributed by atoms with van der Waals surface area (Å²) in [4.78, 5) is 38.8.